The Hall–Kier alpha value is -7.74. The van der Waals surface area contributed by atoms with Crippen molar-refractivity contribution in [1.82, 2.24) is 0 Å². The molecule has 1 heteroatoms. The predicted octanol–water partition coefficient (Wildman–Crippen LogP) is 16.4. The Balaban J connectivity index is 1.08. The van der Waals surface area contributed by atoms with Crippen LogP contribution in [0.15, 0.2) is 231 Å². The Morgan fingerprint density at radius 2 is 0.852 bits per heavy atom. The summed E-state index contributed by atoms with van der Waals surface area (Å²) in [6, 6.07) is 85.2. The third-order valence-electron chi connectivity index (χ3n) is 13.3. The molecule has 1 atom stereocenters. The van der Waals surface area contributed by atoms with Crippen LogP contribution in [0.2, 0.25) is 0 Å². The van der Waals surface area contributed by atoms with Crippen molar-refractivity contribution in [2.45, 2.75) is 12.3 Å². The van der Waals surface area contributed by atoms with Gasteiger partial charge in [-0.15, -0.1) is 0 Å². The average molecular weight is 776 g/mol. The van der Waals surface area contributed by atoms with E-state index >= 15 is 0 Å². The van der Waals surface area contributed by atoms with Crippen molar-refractivity contribution in [2.75, 3.05) is 4.90 Å². The van der Waals surface area contributed by atoms with Crippen molar-refractivity contribution in [3.8, 4) is 33.4 Å². The lowest BCUT2D eigenvalue weighted by Gasteiger charge is -2.31. The van der Waals surface area contributed by atoms with Crippen molar-refractivity contribution < 1.29 is 0 Å². The van der Waals surface area contributed by atoms with Crippen LogP contribution in [0.1, 0.15) is 23.6 Å². The van der Waals surface area contributed by atoms with Crippen LogP contribution in [0.25, 0.3) is 76.5 Å². The van der Waals surface area contributed by atoms with Crippen LogP contribution in [0.4, 0.5) is 17.1 Å². The molecule has 0 saturated heterocycles. The molecule has 0 heterocycles. The molecule has 0 fully saturated rings. The van der Waals surface area contributed by atoms with Crippen LogP contribution in [0.3, 0.4) is 0 Å². The lowest BCUT2D eigenvalue weighted by molar-refractivity contribution is 0.714. The van der Waals surface area contributed by atoms with Crippen molar-refractivity contribution >= 4 is 60.2 Å². The Labute approximate surface area is 356 Å². The Morgan fingerprint density at radius 3 is 1.52 bits per heavy atom. The monoisotopic (exact) mass is 775 g/mol. The minimum Gasteiger partial charge on any atom is -0.310 e. The normalized spacial score (nSPS) is 14.4. The van der Waals surface area contributed by atoms with Gasteiger partial charge in [-0.1, -0.05) is 188 Å². The second-order valence-corrected chi connectivity index (χ2v) is 16.6. The maximum atomic E-state index is 2.49. The molecule has 0 amide bonds. The van der Waals surface area contributed by atoms with Gasteiger partial charge in [0.25, 0.3) is 0 Å². The number of benzene rings is 11. The van der Waals surface area contributed by atoms with Crippen molar-refractivity contribution in [2.24, 2.45) is 0 Å². The van der Waals surface area contributed by atoms with Crippen LogP contribution >= 0.6 is 0 Å². The summed E-state index contributed by atoms with van der Waals surface area (Å²) in [5, 5.41) is 10.1. The molecule has 11 aromatic rings. The molecule has 0 N–H and O–H groups in total. The third kappa shape index (κ3) is 5.48. The van der Waals surface area contributed by atoms with Gasteiger partial charge >= 0.3 is 0 Å². The molecule has 0 saturated carbocycles. The Bertz CT molecular complexity index is 3490. The van der Waals surface area contributed by atoms with Gasteiger partial charge in [-0.2, -0.15) is 0 Å². The minimum atomic E-state index is -0.318. The molecular weight excluding hydrogens is 735 g/mol. The number of hydrogen-bond donors (Lipinski definition) is 0. The van der Waals surface area contributed by atoms with E-state index in [1.54, 1.807) is 0 Å². The first-order valence-electron chi connectivity index (χ1n) is 21.3. The van der Waals surface area contributed by atoms with E-state index in [4.69, 9.17) is 0 Å². The minimum absolute atomic E-state index is 0.318. The first-order chi connectivity index (χ1) is 30.1. The molecule has 0 spiro atoms. The van der Waals surface area contributed by atoms with Crippen molar-refractivity contribution in [3.05, 3.63) is 247 Å². The number of hydrogen-bond acceptors (Lipinski definition) is 1. The van der Waals surface area contributed by atoms with Crippen molar-refractivity contribution in [1.29, 1.82) is 0 Å². The zero-order valence-corrected chi connectivity index (χ0v) is 33.9. The molecule has 1 nitrogen and oxygen atoms in total. The molecule has 1 unspecified atom stereocenters. The summed E-state index contributed by atoms with van der Waals surface area (Å²) in [6.45, 7) is 2.40. The van der Waals surface area contributed by atoms with E-state index < -0.39 is 0 Å². The summed E-state index contributed by atoms with van der Waals surface area (Å²) in [4.78, 5) is 2.49. The van der Waals surface area contributed by atoms with Crippen LogP contribution in [-0.2, 0) is 5.41 Å². The van der Waals surface area contributed by atoms with E-state index in [-0.39, 0.29) is 5.41 Å². The summed E-state index contributed by atoms with van der Waals surface area (Å²) < 4.78 is 0. The predicted molar refractivity (Wildman–Crippen MR) is 259 cm³/mol. The highest BCUT2D eigenvalue weighted by molar-refractivity contribution is 6.15. The molecule has 1 aliphatic carbocycles. The van der Waals surface area contributed by atoms with Crippen LogP contribution in [0.5, 0.6) is 0 Å². The first kappa shape index (κ1) is 35.2. The Kier molecular flexibility index (Phi) is 8.05. The number of anilines is 3. The summed E-state index contributed by atoms with van der Waals surface area (Å²) >= 11 is 0. The second-order valence-electron chi connectivity index (χ2n) is 16.6. The highest BCUT2D eigenvalue weighted by Gasteiger charge is 2.42. The first-order valence-corrected chi connectivity index (χ1v) is 21.3. The topological polar surface area (TPSA) is 3.24 Å². The molecule has 0 bridgehead atoms. The van der Waals surface area contributed by atoms with Crippen LogP contribution < -0.4 is 4.90 Å². The van der Waals surface area contributed by atoms with E-state index in [0.717, 1.165) is 17.1 Å². The molecular formula is C60H41N. The third-order valence-corrected chi connectivity index (χ3v) is 13.3. The smallest absolute Gasteiger partial charge is 0.0543 e. The largest absolute Gasteiger partial charge is 0.310 e. The zero-order valence-electron chi connectivity index (χ0n) is 33.9. The molecule has 12 rings (SSSR count). The maximum absolute atomic E-state index is 2.49. The number of nitrogens with zero attached hydrogens (tertiary/aromatic N) is 1. The van der Waals surface area contributed by atoms with E-state index in [0.29, 0.717) is 0 Å². The molecule has 0 aliphatic heterocycles. The van der Waals surface area contributed by atoms with E-state index in [1.165, 1.54) is 93.2 Å². The van der Waals surface area contributed by atoms with E-state index in [2.05, 4.69) is 242 Å². The molecule has 61 heavy (non-hydrogen) atoms. The second kappa shape index (κ2) is 13.9. The van der Waals surface area contributed by atoms with E-state index in [1.807, 2.05) is 0 Å². The molecule has 11 aromatic carbocycles. The lowest BCUT2D eigenvalue weighted by atomic mass is 9.74. The summed E-state index contributed by atoms with van der Waals surface area (Å²) in [5.74, 6) is 0. The number of fused-ring (bicyclic) bond motifs is 9. The van der Waals surface area contributed by atoms with Gasteiger partial charge in [0.1, 0.15) is 0 Å². The SMILES string of the molecule is CC1(c2ccccc2)c2ccccc2-c2c(N(c3ccc(-c4cc5ccccc5c5ccccc45)cc3)c3cccc(-c4cc5ccccc5c5ccccc45)c3)cccc21. The number of rotatable bonds is 6. The van der Waals surface area contributed by atoms with Gasteiger partial charge in [-0.05, 0) is 137 Å². The standard InChI is InChI=1S/C60H41N/c1-60(44-20-3-2-4-21-44)56-30-14-13-29-53(56)59-57(60)31-16-32-58(59)61(45-35-33-40(34-36-45)54-38-42-17-5-7-23-47(42)49-25-9-11-27-51(49)54)46-22-15-19-41(37-46)55-39-43-18-6-8-24-48(43)50-26-10-12-28-52(50)55/h2-39H,1H3. The molecule has 1 aliphatic rings. The summed E-state index contributed by atoms with van der Waals surface area (Å²) in [6.07, 6.45) is 0. The molecule has 286 valence electrons. The van der Waals surface area contributed by atoms with Gasteiger partial charge in [0.2, 0.25) is 0 Å². The van der Waals surface area contributed by atoms with Gasteiger partial charge < -0.3 is 4.90 Å². The van der Waals surface area contributed by atoms with Crippen LogP contribution in [0, 0.1) is 0 Å². The van der Waals surface area contributed by atoms with Gasteiger partial charge in [-0.3, -0.25) is 0 Å². The average Bonchev–Trinajstić information content (AvgIpc) is 3.60. The fourth-order valence-corrected chi connectivity index (χ4v) is 10.4. The highest BCUT2D eigenvalue weighted by Crippen LogP contribution is 2.57. The summed E-state index contributed by atoms with van der Waals surface area (Å²) in [7, 11) is 0. The quantitative estimate of drug-likeness (QED) is 0.152. The van der Waals surface area contributed by atoms with Crippen molar-refractivity contribution in [3.63, 3.8) is 0 Å². The van der Waals surface area contributed by atoms with Gasteiger partial charge in [0.15, 0.2) is 0 Å². The fourth-order valence-electron chi connectivity index (χ4n) is 10.4. The zero-order chi connectivity index (χ0) is 40.5. The van der Waals surface area contributed by atoms with Gasteiger partial charge in [0.05, 0.1) is 5.69 Å². The van der Waals surface area contributed by atoms with Gasteiger partial charge in [-0.25, -0.2) is 0 Å². The maximum Gasteiger partial charge on any atom is 0.0543 e. The van der Waals surface area contributed by atoms with E-state index in [9.17, 15) is 0 Å². The molecule has 0 radical (unpaired) electrons. The molecule has 0 aromatic heterocycles. The van der Waals surface area contributed by atoms with Gasteiger partial charge in [0, 0.05) is 22.4 Å². The fraction of sp³-hybridized carbons (Fsp3) is 0.0333. The summed E-state index contributed by atoms with van der Waals surface area (Å²) in [5.41, 5.74) is 14.4. The Morgan fingerprint density at radius 1 is 0.328 bits per heavy atom. The lowest BCUT2D eigenvalue weighted by Crippen LogP contribution is -2.22. The van der Waals surface area contributed by atoms with Crippen LogP contribution in [-0.4, -0.2) is 0 Å². The highest BCUT2D eigenvalue weighted by atomic mass is 15.1.